The highest BCUT2D eigenvalue weighted by molar-refractivity contribution is 8.16. The largest absolute Gasteiger partial charge is 0.325 e. The van der Waals surface area contributed by atoms with Gasteiger partial charge in [-0.25, -0.2) is 8.42 Å². The summed E-state index contributed by atoms with van der Waals surface area (Å²) in [5.41, 5.74) is 1.83. The van der Waals surface area contributed by atoms with Gasteiger partial charge in [0.1, 0.15) is 5.25 Å². The Morgan fingerprint density at radius 2 is 2.04 bits per heavy atom. The summed E-state index contributed by atoms with van der Waals surface area (Å²) >= 11 is 3.83. The van der Waals surface area contributed by atoms with E-state index >= 15 is 0 Å². The minimum Gasteiger partial charge on any atom is -0.325 e. The van der Waals surface area contributed by atoms with E-state index in [1.54, 1.807) is 13.0 Å². The van der Waals surface area contributed by atoms with E-state index in [1.807, 2.05) is 35.7 Å². The molecule has 0 bridgehead atoms. The van der Waals surface area contributed by atoms with Crippen LogP contribution in [0.15, 0.2) is 24.3 Å². The maximum atomic E-state index is 12.2. The Bertz CT molecular complexity index is 640. The molecule has 1 aliphatic rings. The van der Waals surface area contributed by atoms with Crippen LogP contribution in [0.25, 0.3) is 0 Å². The van der Waals surface area contributed by atoms with Gasteiger partial charge in [0.25, 0.3) is 0 Å². The van der Waals surface area contributed by atoms with Crippen LogP contribution in [0.1, 0.15) is 36.8 Å². The molecule has 1 aromatic carbocycles. The number of nitrogens with one attached hydrogen (secondary N) is 1. The van der Waals surface area contributed by atoms with Crippen molar-refractivity contribution in [1.29, 1.82) is 0 Å². The highest BCUT2D eigenvalue weighted by atomic mass is 32.2. The second-order valence-corrected chi connectivity index (χ2v) is 10.7. The fourth-order valence-corrected chi connectivity index (χ4v) is 6.49. The van der Waals surface area contributed by atoms with E-state index < -0.39 is 21.0 Å². The van der Waals surface area contributed by atoms with Crippen LogP contribution in [0.4, 0.5) is 5.69 Å². The van der Waals surface area contributed by atoms with Crippen LogP contribution in [0.5, 0.6) is 0 Å². The molecule has 1 amide bonds. The molecular weight excluding hydrogens is 350 g/mol. The van der Waals surface area contributed by atoms with Gasteiger partial charge in [0.05, 0.1) is 10.3 Å². The quantitative estimate of drug-likeness (QED) is 0.823. The number of thioether (sulfide) groups is 2. The Hall–Kier alpha value is -0.660. The number of hydrogen-bond acceptors (Lipinski definition) is 5. The number of carbonyl (C=O) groups is 1. The highest BCUT2D eigenvalue weighted by Gasteiger charge is 2.27. The Kier molecular flexibility index (Phi) is 6.85. The van der Waals surface area contributed by atoms with E-state index in [0.717, 1.165) is 11.5 Å². The average Bonchev–Trinajstić information content (AvgIpc) is 2.55. The van der Waals surface area contributed by atoms with Crippen LogP contribution in [0.2, 0.25) is 0 Å². The first-order chi connectivity index (χ1) is 10.9. The summed E-state index contributed by atoms with van der Waals surface area (Å²) in [6, 6.07) is 7.72. The van der Waals surface area contributed by atoms with Gasteiger partial charge in [0.2, 0.25) is 5.91 Å². The summed E-state index contributed by atoms with van der Waals surface area (Å²) in [5, 5.41) is 1.73. The summed E-state index contributed by atoms with van der Waals surface area (Å²) in [5.74, 6) is 1.89. The van der Waals surface area contributed by atoms with Gasteiger partial charge in [-0.05, 0) is 49.0 Å². The highest BCUT2D eigenvalue weighted by Crippen LogP contribution is 2.44. The number of hydrogen-bond donors (Lipinski definition) is 1. The third-order valence-corrected chi connectivity index (χ3v) is 8.93. The number of benzene rings is 1. The molecule has 0 aromatic heterocycles. The maximum absolute atomic E-state index is 12.2. The van der Waals surface area contributed by atoms with Crippen LogP contribution in [-0.2, 0) is 14.6 Å². The lowest BCUT2D eigenvalue weighted by Crippen LogP contribution is -2.34. The van der Waals surface area contributed by atoms with Crippen molar-refractivity contribution in [2.45, 2.75) is 36.5 Å². The molecule has 23 heavy (non-hydrogen) atoms. The Balaban J connectivity index is 2.06. The first kappa shape index (κ1) is 18.7. The zero-order chi connectivity index (χ0) is 16.9. The summed E-state index contributed by atoms with van der Waals surface area (Å²) < 4.78 is 24.4. The lowest BCUT2D eigenvalue weighted by Gasteiger charge is -2.22. The van der Waals surface area contributed by atoms with Crippen molar-refractivity contribution in [1.82, 2.24) is 0 Å². The molecule has 4 nitrogen and oxygen atoms in total. The van der Waals surface area contributed by atoms with Crippen molar-refractivity contribution in [2.24, 2.45) is 0 Å². The van der Waals surface area contributed by atoms with Gasteiger partial charge in [0.15, 0.2) is 9.84 Å². The molecule has 1 heterocycles. The van der Waals surface area contributed by atoms with Crippen LogP contribution in [0.3, 0.4) is 0 Å². The Morgan fingerprint density at radius 1 is 1.35 bits per heavy atom. The average molecular weight is 374 g/mol. The smallest absolute Gasteiger partial charge is 0.242 e. The van der Waals surface area contributed by atoms with E-state index in [1.165, 1.54) is 18.9 Å². The SMILES string of the molecule is CCCS(=O)(=O)[C@H](C)C(=O)Nc1cccc(C2SCCCS2)c1. The van der Waals surface area contributed by atoms with Crippen LogP contribution >= 0.6 is 23.5 Å². The zero-order valence-electron chi connectivity index (χ0n) is 13.4. The molecule has 1 saturated heterocycles. The van der Waals surface area contributed by atoms with Crippen molar-refractivity contribution in [3.05, 3.63) is 29.8 Å². The molecule has 1 atom stereocenters. The van der Waals surface area contributed by atoms with E-state index in [-0.39, 0.29) is 5.75 Å². The van der Waals surface area contributed by atoms with Crippen molar-refractivity contribution in [3.63, 3.8) is 0 Å². The first-order valence-electron chi connectivity index (χ1n) is 7.79. The van der Waals surface area contributed by atoms with Crippen LogP contribution in [0, 0.1) is 0 Å². The van der Waals surface area contributed by atoms with E-state index in [9.17, 15) is 13.2 Å². The minimum absolute atomic E-state index is 0.0387. The molecule has 2 rings (SSSR count). The molecule has 128 valence electrons. The van der Waals surface area contributed by atoms with Crippen molar-refractivity contribution in [2.75, 3.05) is 22.6 Å². The Morgan fingerprint density at radius 3 is 2.70 bits per heavy atom. The molecule has 0 aliphatic carbocycles. The molecule has 0 saturated carbocycles. The standard InChI is InChI=1S/C16H23NO3S3/c1-3-10-23(19,20)12(2)15(18)17-14-7-4-6-13(11-14)16-21-8-5-9-22-16/h4,6-7,11-12,16H,3,5,8-10H2,1-2H3,(H,17,18)/t12-/m1/s1. The molecule has 1 N–H and O–H groups in total. The number of anilines is 1. The van der Waals surface area contributed by atoms with Crippen molar-refractivity contribution >= 4 is 45.0 Å². The summed E-state index contributed by atoms with van der Waals surface area (Å²) in [4.78, 5) is 12.2. The second-order valence-electron chi connectivity index (χ2n) is 5.55. The van der Waals surface area contributed by atoms with Crippen LogP contribution < -0.4 is 5.32 Å². The first-order valence-corrected chi connectivity index (χ1v) is 11.6. The predicted octanol–water partition coefficient (Wildman–Crippen LogP) is 3.71. The van der Waals surface area contributed by atoms with E-state index in [0.29, 0.717) is 16.7 Å². The number of rotatable bonds is 6. The molecule has 1 aromatic rings. The normalized spacial score (nSPS) is 17.7. The van der Waals surface area contributed by atoms with Crippen LogP contribution in [-0.4, -0.2) is 36.8 Å². The Labute approximate surface area is 147 Å². The molecule has 1 fully saturated rings. The number of amides is 1. The topological polar surface area (TPSA) is 63.2 Å². The van der Waals surface area contributed by atoms with Gasteiger partial charge < -0.3 is 5.32 Å². The van der Waals surface area contributed by atoms with Crippen molar-refractivity contribution in [3.8, 4) is 0 Å². The van der Waals surface area contributed by atoms with Gasteiger partial charge in [0, 0.05) is 5.69 Å². The van der Waals surface area contributed by atoms with Crippen molar-refractivity contribution < 1.29 is 13.2 Å². The fraction of sp³-hybridized carbons (Fsp3) is 0.562. The molecule has 1 aliphatic heterocycles. The molecule has 0 spiro atoms. The van der Waals surface area contributed by atoms with Gasteiger partial charge in [-0.3, -0.25) is 4.79 Å². The second kappa shape index (κ2) is 8.44. The van der Waals surface area contributed by atoms with E-state index in [4.69, 9.17) is 0 Å². The fourth-order valence-electron chi connectivity index (χ4n) is 2.31. The molecule has 7 heteroatoms. The summed E-state index contributed by atoms with van der Waals surface area (Å²) in [6.45, 7) is 3.25. The van der Waals surface area contributed by atoms with Gasteiger partial charge in [-0.2, -0.15) is 0 Å². The van der Waals surface area contributed by atoms with Gasteiger partial charge in [-0.1, -0.05) is 19.1 Å². The molecule has 0 unspecified atom stereocenters. The third-order valence-electron chi connectivity index (χ3n) is 3.65. The van der Waals surface area contributed by atoms with Gasteiger partial charge in [-0.15, -0.1) is 23.5 Å². The minimum atomic E-state index is -3.38. The third kappa shape index (κ3) is 5.16. The molecule has 0 radical (unpaired) electrons. The predicted molar refractivity (Wildman–Crippen MR) is 101 cm³/mol. The molecular formula is C16H23NO3S3. The number of carbonyl (C=O) groups excluding carboxylic acids is 1. The lowest BCUT2D eigenvalue weighted by atomic mass is 10.2. The lowest BCUT2D eigenvalue weighted by molar-refractivity contribution is -0.115. The maximum Gasteiger partial charge on any atom is 0.242 e. The zero-order valence-corrected chi connectivity index (χ0v) is 15.9. The summed E-state index contributed by atoms with van der Waals surface area (Å²) in [6.07, 6.45) is 1.75. The number of sulfone groups is 1. The van der Waals surface area contributed by atoms with E-state index in [2.05, 4.69) is 11.4 Å². The monoisotopic (exact) mass is 373 g/mol. The van der Waals surface area contributed by atoms with Gasteiger partial charge >= 0.3 is 0 Å². The summed E-state index contributed by atoms with van der Waals surface area (Å²) in [7, 11) is -3.38.